The van der Waals surface area contributed by atoms with Crippen molar-refractivity contribution in [3.05, 3.63) is 53.1 Å². The minimum Gasteiger partial charge on any atom is -0.0841 e. The van der Waals surface area contributed by atoms with Gasteiger partial charge in [-0.05, 0) is 73.3 Å². The Hall–Kier alpha value is -1.30. The van der Waals surface area contributed by atoms with Crippen LogP contribution in [-0.2, 0) is 0 Å². The third kappa shape index (κ3) is 2.18. The molecule has 24 heavy (non-hydrogen) atoms. The molecule has 0 nitrogen and oxygen atoms in total. The summed E-state index contributed by atoms with van der Waals surface area (Å²) in [6.07, 6.45) is 15.3. The van der Waals surface area contributed by atoms with E-state index >= 15 is 0 Å². The van der Waals surface area contributed by atoms with E-state index in [1.807, 2.05) is 5.57 Å². The molecule has 0 bridgehead atoms. The van der Waals surface area contributed by atoms with E-state index in [0.29, 0.717) is 5.41 Å². The number of benzene rings is 1. The Morgan fingerprint density at radius 2 is 1.88 bits per heavy atom. The molecule has 0 heterocycles. The molecule has 0 aromatic heterocycles. The molecule has 2 saturated carbocycles. The molecule has 0 heteroatoms. The lowest BCUT2D eigenvalue weighted by molar-refractivity contribution is 0.153. The second-order valence-electron chi connectivity index (χ2n) is 9.05. The van der Waals surface area contributed by atoms with Gasteiger partial charge in [0.15, 0.2) is 0 Å². The van der Waals surface area contributed by atoms with Crippen LogP contribution in [0.1, 0.15) is 70.3 Å². The SMILES string of the molecule is C[C@@]12CCC[C@H]1[C@@H]1CC=C3CCCC[C@@H]3C1=C(c1ccccc1)C2. The lowest BCUT2D eigenvalue weighted by Crippen LogP contribution is -2.38. The third-order valence-electron chi connectivity index (χ3n) is 7.76. The van der Waals surface area contributed by atoms with E-state index in [1.165, 1.54) is 63.4 Å². The zero-order chi connectivity index (χ0) is 16.1. The molecule has 5 rings (SSSR count). The molecule has 4 aliphatic carbocycles. The van der Waals surface area contributed by atoms with E-state index in [4.69, 9.17) is 0 Å². The fraction of sp³-hybridized carbons (Fsp3) is 0.583. The number of fused-ring (bicyclic) bond motifs is 5. The highest BCUT2D eigenvalue weighted by molar-refractivity contribution is 5.72. The van der Waals surface area contributed by atoms with Crippen LogP contribution >= 0.6 is 0 Å². The average molecular weight is 319 g/mol. The van der Waals surface area contributed by atoms with Crippen LogP contribution in [-0.4, -0.2) is 0 Å². The normalized spacial score (nSPS) is 38.2. The molecule has 126 valence electrons. The summed E-state index contributed by atoms with van der Waals surface area (Å²) in [4.78, 5) is 0. The van der Waals surface area contributed by atoms with Crippen LogP contribution < -0.4 is 0 Å². The van der Waals surface area contributed by atoms with E-state index in [0.717, 1.165) is 17.8 Å². The zero-order valence-electron chi connectivity index (χ0n) is 15.1. The van der Waals surface area contributed by atoms with E-state index in [-0.39, 0.29) is 0 Å². The summed E-state index contributed by atoms with van der Waals surface area (Å²) < 4.78 is 0. The van der Waals surface area contributed by atoms with Gasteiger partial charge in [0.25, 0.3) is 0 Å². The maximum absolute atomic E-state index is 2.67. The Bertz CT molecular complexity index is 692. The van der Waals surface area contributed by atoms with Crippen molar-refractivity contribution in [3.63, 3.8) is 0 Å². The number of allylic oxidation sites excluding steroid dienone is 4. The molecule has 4 atom stereocenters. The molecular formula is C24H30. The molecule has 2 fully saturated rings. The van der Waals surface area contributed by atoms with Crippen molar-refractivity contribution in [1.29, 1.82) is 0 Å². The van der Waals surface area contributed by atoms with Gasteiger partial charge in [0.1, 0.15) is 0 Å². The fourth-order valence-electron chi connectivity index (χ4n) is 6.70. The van der Waals surface area contributed by atoms with Crippen LogP contribution in [0, 0.1) is 23.2 Å². The van der Waals surface area contributed by atoms with E-state index in [9.17, 15) is 0 Å². The van der Waals surface area contributed by atoms with Gasteiger partial charge in [0.05, 0.1) is 0 Å². The Balaban J connectivity index is 1.69. The summed E-state index contributed by atoms with van der Waals surface area (Å²) in [7, 11) is 0. The van der Waals surface area contributed by atoms with Gasteiger partial charge in [-0.2, -0.15) is 0 Å². The van der Waals surface area contributed by atoms with Gasteiger partial charge in [-0.1, -0.05) is 67.3 Å². The number of rotatable bonds is 1. The predicted octanol–water partition coefficient (Wildman–Crippen LogP) is 6.79. The van der Waals surface area contributed by atoms with Crippen LogP contribution in [0.2, 0.25) is 0 Å². The van der Waals surface area contributed by atoms with Crippen LogP contribution in [0.25, 0.3) is 5.57 Å². The van der Waals surface area contributed by atoms with Crippen molar-refractivity contribution < 1.29 is 0 Å². The molecule has 1 aromatic carbocycles. The minimum atomic E-state index is 0.555. The van der Waals surface area contributed by atoms with Crippen LogP contribution in [0.15, 0.2) is 47.6 Å². The molecule has 0 unspecified atom stereocenters. The van der Waals surface area contributed by atoms with Gasteiger partial charge in [0.2, 0.25) is 0 Å². The van der Waals surface area contributed by atoms with Crippen LogP contribution in [0.5, 0.6) is 0 Å². The monoisotopic (exact) mass is 318 g/mol. The molecular weight excluding hydrogens is 288 g/mol. The maximum Gasteiger partial charge on any atom is 0.00160 e. The first kappa shape index (κ1) is 15.0. The molecule has 0 N–H and O–H groups in total. The Morgan fingerprint density at radius 3 is 2.75 bits per heavy atom. The third-order valence-corrected chi connectivity index (χ3v) is 7.76. The molecule has 0 aliphatic heterocycles. The lowest BCUT2D eigenvalue weighted by Gasteiger charge is -2.49. The van der Waals surface area contributed by atoms with Crippen molar-refractivity contribution in [1.82, 2.24) is 0 Å². The van der Waals surface area contributed by atoms with Crippen molar-refractivity contribution in [2.45, 2.75) is 64.7 Å². The van der Waals surface area contributed by atoms with Crippen LogP contribution in [0.3, 0.4) is 0 Å². The minimum absolute atomic E-state index is 0.555. The van der Waals surface area contributed by atoms with Crippen molar-refractivity contribution in [3.8, 4) is 0 Å². The van der Waals surface area contributed by atoms with Gasteiger partial charge in [-0.25, -0.2) is 0 Å². The van der Waals surface area contributed by atoms with Crippen molar-refractivity contribution >= 4 is 5.57 Å². The summed E-state index contributed by atoms with van der Waals surface area (Å²) in [6.45, 7) is 2.60. The number of hydrogen-bond donors (Lipinski definition) is 0. The summed E-state index contributed by atoms with van der Waals surface area (Å²) in [6, 6.07) is 11.4. The smallest absolute Gasteiger partial charge is 0.00160 e. The number of hydrogen-bond acceptors (Lipinski definition) is 0. The maximum atomic E-state index is 2.67. The standard InChI is InChI=1S/C24H30/c1-24-15-7-12-22(24)20-14-13-18-10-5-6-11-19(18)23(20)21(16-24)17-8-3-2-4-9-17/h2-4,8-9,13,19-20,22H,5-7,10-12,14-16H2,1H3/t19-,20-,22-,24-/m0/s1. The van der Waals surface area contributed by atoms with Gasteiger partial charge in [-0.3, -0.25) is 0 Å². The molecule has 0 radical (unpaired) electrons. The predicted molar refractivity (Wildman–Crippen MR) is 102 cm³/mol. The van der Waals surface area contributed by atoms with Gasteiger partial charge in [0, 0.05) is 5.92 Å². The fourth-order valence-corrected chi connectivity index (χ4v) is 6.70. The van der Waals surface area contributed by atoms with Crippen molar-refractivity contribution in [2.24, 2.45) is 23.2 Å². The Labute approximate surface area is 147 Å². The first-order valence-corrected chi connectivity index (χ1v) is 10.2. The van der Waals surface area contributed by atoms with E-state index in [1.54, 1.807) is 11.1 Å². The van der Waals surface area contributed by atoms with Gasteiger partial charge in [-0.15, -0.1) is 0 Å². The highest BCUT2D eigenvalue weighted by atomic mass is 14.5. The Morgan fingerprint density at radius 1 is 1.00 bits per heavy atom. The van der Waals surface area contributed by atoms with Gasteiger partial charge >= 0.3 is 0 Å². The Kier molecular flexibility index (Phi) is 3.51. The molecule has 0 amide bonds. The topological polar surface area (TPSA) is 0 Å². The highest BCUT2D eigenvalue weighted by Crippen LogP contribution is 2.62. The van der Waals surface area contributed by atoms with Crippen molar-refractivity contribution in [2.75, 3.05) is 0 Å². The lowest BCUT2D eigenvalue weighted by atomic mass is 9.55. The quantitative estimate of drug-likeness (QED) is 0.500. The second-order valence-corrected chi connectivity index (χ2v) is 9.05. The molecule has 1 aromatic rings. The average Bonchev–Trinajstić information content (AvgIpc) is 3.03. The van der Waals surface area contributed by atoms with Gasteiger partial charge < -0.3 is 0 Å². The van der Waals surface area contributed by atoms with Crippen LogP contribution in [0.4, 0.5) is 0 Å². The second kappa shape index (κ2) is 5.61. The molecule has 4 aliphatic rings. The summed E-state index contributed by atoms with van der Waals surface area (Å²) in [5, 5.41) is 0. The summed E-state index contributed by atoms with van der Waals surface area (Å²) >= 11 is 0. The van der Waals surface area contributed by atoms with E-state index in [2.05, 4.69) is 43.3 Å². The first-order chi connectivity index (χ1) is 11.8. The molecule has 0 saturated heterocycles. The summed E-state index contributed by atoms with van der Waals surface area (Å²) in [5.74, 6) is 2.57. The van der Waals surface area contributed by atoms with E-state index < -0.39 is 0 Å². The highest BCUT2D eigenvalue weighted by Gasteiger charge is 2.50. The first-order valence-electron chi connectivity index (χ1n) is 10.2. The summed E-state index contributed by atoms with van der Waals surface area (Å²) in [5.41, 5.74) is 7.51. The zero-order valence-corrected chi connectivity index (χ0v) is 15.1. The largest absolute Gasteiger partial charge is 0.0841 e. The molecule has 0 spiro atoms.